The molecule has 0 amide bonds. The number of hydrogen-bond donors (Lipinski definition) is 1. The molecule has 2 unspecified atom stereocenters. The van der Waals surface area contributed by atoms with Crippen LogP contribution < -0.4 is 5.32 Å². The summed E-state index contributed by atoms with van der Waals surface area (Å²) in [4.78, 5) is 0. The summed E-state index contributed by atoms with van der Waals surface area (Å²) in [6.07, 6.45) is 1.90. The molecule has 0 heterocycles. The third-order valence-electron chi connectivity index (χ3n) is 3.26. The van der Waals surface area contributed by atoms with Crippen molar-refractivity contribution in [1.82, 2.24) is 5.32 Å². The van der Waals surface area contributed by atoms with E-state index in [4.69, 9.17) is 0 Å². The van der Waals surface area contributed by atoms with Crippen LogP contribution in [0.2, 0.25) is 0 Å². The van der Waals surface area contributed by atoms with Gasteiger partial charge < -0.3 is 5.32 Å². The first-order valence-corrected chi connectivity index (χ1v) is 5.86. The minimum absolute atomic E-state index is 0.0973. The molecule has 1 aromatic rings. The van der Waals surface area contributed by atoms with E-state index in [0.29, 0.717) is 5.56 Å². The molecule has 2 atom stereocenters. The van der Waals surface area contributed by atoms with E-state index in [2.05, 4.69) is 12.2 Å². The number of hydrogen-bond acceptors (Lipinski definition) is 1. The average Bonchev–Trinajstić information content (AvgIpc) is 2.58. The summed E-state index contributed by atoms with van der Waals surface area (Å²) < 4.78 is 26.8. The molecule has 0 spiro atoms. The Morgan fingerprint density at radius 3 is 2.81 bits per heavy atom. The average molecular weight is 225 g/mol. The van der Waals surface area contributed by atoms with Gasteiger partial charge in [-0.15, -0.1) is 0 Å². The van der Waals surface area contributed by atoms with Crippen LogP contribution in [0.5, 0.6) is 0 Å². The lowest BCUT2D eigenvalue weighted by atomic mass is 10.0. The summed E-state index contributed by atoms with van der Waals surface area (Å²) in [7, 11) is 0. The monoisotopic (exact) mass is 225 g/mol. The molecule has 88 valence electrons. The van der Waals surface area contributed by atoms with Gasteiger partial charge in [-0.1, -0.05) is 19.9 Å². The largest absolute Gasteiger partial charge is 0.310 e. The maximum absolute atomic E-state index is 13.6. The fraction of sp³-hybridized carbons (Fsp3) is 0.538. The fourth-order valence-electron chi connectivity index (χ4n) is 2.50. The predicted octanol–water partition coefficient (Wildman–Crippen LogP) is 3.51. The Hall–Kier alpha value is -0.960. The summed E-state index contributed by atoms with van der Waals surface area (Å²) in [6.45, 7) is 4.96. The first kappa shape index (κ1) is 11.5. The highest BCUT2D eigenvalue weighted by molar-refractivity contribution is 5.39. The van der Waals surface area contributed by atoms with Crippen LogP contribution >= 0.6 is 0 Å². The number of rotatable bonds is 3. The number of benzene rings is 1. The molecule has 0 aliphatic heterocycles. The molecule has 0 bridgehead atoms. The highest BCUT2D eigenvalue weighted by Crippen LogP contribution is 2.41. The zero-order chi connectivity index (χ0) is 11.7. The summed E-state index contributed by atoms with van der Waals surface area (Å²) >= 11 is 0. The van der Waals surface area contributed by atoms with E-state index < -0.39 is 11.6 Å². The van der Waals surface area contributed by atoms with Gasteiger partial charge in [0, 0.05) is 6.04 Å². The normalized spacial score (nSPS) is 23.5. The van der Waals surface area contributed by atoms with E-state index in [1.807, 2.05) is 6.92 Å². The minimum atomic E-state index is -0.734. The molecule has 1 nitrogen and oxygen atoms in total. The van der Waals surface area contributed by atoms with E-state index in [-0.39, 0.29) is 12.0 Å². The van der Waals surface area contributed by atoms with Gasteiger partial charge in [0.1, 0.15) is 0 Å². The van der Waals surface area contributed by atoms with E-state index in [0.717, 1.165) is 24.9 Å². The first-order valence-electron chi connectivity index (χ1n) is 5.86. The SMILES string of the molecule is CCCNC1CC(C)c2c1ccc(F)c2F. The lowest BCUT2D eigenvalue weighted by Crippen LogP contribution is -2.20. The van der Waals surface area contributed by atoms with Crippen molar-refractivity contribution < 1.29 is 8.78 Å². The van der Waals surface area contributed by atoms with Gasteiger partial charge in [0.05, 0.1) is 0 Å². The van der Waals surface area contributed by atoms with Crippen LogP contribution in [0.4, 0.5) is 8.78 Å². The minimum Gasteiger partial charge on any atom is -0.310 e. The van der Waals surface area contributed by atoms with Crippen LogP contribution in [0.25, 0.3) is 0 Å². The van der Waals surface area contributed by atoms with Crippen molar-refractivity contribution in [3.63, 3.8) is 0 Å². The molecule has 1 aliphatic rings. The van der Waals surface area contributed by atoms with Crippen molar-refractivity contribution in [2.75, 3.05) is 6.54 Å². The van der Waals surface area contributed by atoms with E-state index >= 15 is 0 Å². The van der Waals surface area contributed by atoms with Crippen molar-refractivity contribution in [3.05, 3.63) is 34.9 Å². The van der Waals surface area contributed by atoms with Gasteiger partial charge in [-0.2, -0.15) is 0 Å². The molecule has 3 heteroatoms. The zero-order valence-electron chi connectivity index (χ0n) is 9.69. The van der Waals surface area contributed by atoms with Crippen molar-refractivity contribution in [1.29, 1.82) is 0 Å². The fourth-order valence-corrected chi connectivity index (χ4v) is 2.50. The molecule has 0 saturated heterocycles. The van der Waals surface area contributed by atoms with Crippen molar-refractivity contribution in [2.45, 2.75) is 38.6 Å². The third-order valence-corrected chi connectivity index (χ3v) is 3.26. The second-order valence-electron chi connectivity index (χ2n) is 4.51. The van der Waals surface area contributed by atoms with Crippen molar-refractivity contribution >= 4 is 0 Å². The molecular formula is C13H17F2N. The van der Waals surface area contributed by atoms with Gasteiger partial charge in [0.15, 0.2) is 11.6 Å². The van der Waals surface area contributed by atoms with Crippen LogP contribution in [0.1, 0.15) is 49.8 Å². The maximum Gasteiger partial charge on any atom is 0.162 e. The number of nitrogens with one attached hydrogen (secondary N) is 1. The second-order valence-corrected chi connectivity index (χ2v) is 4.51. The van der Waals surface area contributed by atoms with Gasteiger partial charge in [-0.25, -0.2) is 8.78 Å². The van der Waals surface area contributed by atoms with E-state index in [1.54, 1.807) is 6.07 Å². The van der Waals surface area contributed by atoms with Crippen molar-refractivity contribution in [3.8, 4) is 0 Å². The molecule has 2 rings (SSSR count). The zero-order valence-corrected chi connectivity index (χ0v) is 9.69. The van der Waals surface area contributed by atoms with Crippen LogP contribution in [-0.4, -0.2) is 6.54 Å². The topological polar surface area (TPSA) is 12.0 Å². The lowest BCUT2D eigenvalue weighted by Gasteiger charge is -2.13. The van der Waals surface area contributed by atoms with Crippen LogP contribution in [0.15, 0.2) is 12.1 Å². The summed E-state index contributed by atoms with van der Waals surface area (Å²) in [6, 6.07) is 3.12. The van der Waals surface area contributed by atoms with Gasteiger partial charge in [0.25, 0.3) is 0 Å². The van der Waals surface area contributed by atoms with Gasteiger partial charge in [-0.05, 0) is 42.5 Å². The van der Waals surface area contributed by atoms with Crippen LogP contribution in [0, 0.1) is 11.6 Å². The molecule has 0 saturated carbocycles. The maximum atomic E-state index is 13.6. The standard InChI is InChI=1S/C13H17F2N/c1-3-6-16-11-7-8(2)12-9(11)4-5-10(14)13(12)15/h4-5,8,11,16H,3,6-7H2,1-2H3. The van der Waals surface area contributed by atoms with Crippen LogP contribution in [-0.2, 0) is 0 Å². The smallest absolute Gasteiger partial charge is 0.162 e. The van der Waals surface area contributed by atoms with Crippen molar-refractivity contribution in [2.24, 2.45) is 0 Å². The Balaban J connectivity index is 2.32. The van der Waals surface area contributed by atoms with Gasteiger partial charge >= 0.3 is 0 Å². The van der Waals surface area contributed by atoms with E-state index in [9.17, 15) is 8.78 Å². The Bertz CT molecular complexity index is 390. The molecule has 0 fully saturated rings. The number of fused-ring (bicyclic) bond motifs is 1. The lowest BCUT2D eigenvalue weighted by molar-refractivity contribution is 0.489. The molecule has 0 radical (unpaired) electrons. The molecule has 1 aromatic carbocycles. The molecule has 1 N–H and O–H groups in total. The Morgan fingerprint density at radius 2 is 2.12 bits per heavy atom. The highest BCUT2D eigenvalue weighted by Gasteiger charge is 2.31. The van der Waals surface area contributed by atoms with Crippen LogP contribution in [0.3, 0.4) is 0 Å². The Morgan fingerprint density at radius 1 is 1.38 bits per heavy atom. The number of halogens is 2. The van der Waals surface area contributed by atoms with E-state index in [1.165, 1.54) is 6.07 Å². The Kier molecular flexibility index (Phi) is 3.24. The summed E-state index contributed by atoms with van der Waals surface area (Å²) in [5.74, 6) is -1.30. The molecule has 1 aliphatic carbocycles. The third kappa shape index (κ3) is 1.84. The highest BCUT2D eigenvalue weighted by atomic mass is 19.2. The predicted molar refractivity (Wildman–Crippen MR) is 60.4 cm³/mol. The van der Waals surface area contributed by atoms with Gasteiger partial charge in [-0.3, -0.25) is 0 Å². The molecule has 0 aromatic heterocycles. The molecular weight excluding hydrogens is 208 g/mol. The summed E-state index contributed by atoms with van der Waals surface area (Å²) in [5, 5.41) is 3.38. The first-order chi connectivity index (χ1) is 7.65. The summed E-state index contributed by atoms with van der Waals surface area (Å²) in [5.41, 5.74) is 1.49. The Labute approximate surface area is 94.9 Å². The quantitative estimate of drug-likeness (QED) is 0.830. The molecule has 16 heavy (non-hydrogen) atoms. The second kappa shape index (κ2) is 4.50. The van der Waals surface area contributed by atoms with Gasteiger partial charge in [0.2, 0.25) is 0 Å².